The maximum Gasteiger partial charge on any atom is 0.293 e. The highest BCUT2D eigenvalue weighted by atomic mass is 32.2. The number of morpholine rings is 1. The van der Waals surface area contributed by atoms with Crippen molar-refractivity contribution in [1.29, 1.82) is 0 Å². The van der Waals surface area contributed by atoms with E-state index in [1.54, 1.807) is 24.3 Å². The van der Waals surface area contributed by atoms with Gasteiger partial charge >= 0.3 is 0 Å². The minimum atomic E-state index is -0.396. The normalized spacial score (nSPS) is 19.0. The molecule has 0 atom stereocenters. The molecule has 2 saturated heterocycles. The van der Waals surface area contributed by atoms with Crippen LogP contribution in [0.15, 0.2) is 41.3 Å². The molecule has 0 spiro atoms. The first kappa shape index (κ1) is 21.7. The average molecular weight is 486 g/mol. The second kappa shape index (κ2) is 9.00. The number of carbonyl (C=O) groups is 1. The standard InChI is InChI=1S/C22H19N3O6S2/c26-21-20(33-22(32)24(21)12-15-2-4-18-19(10-15)31-13-30-18)11-14-1-3-16(17(9-14)25(27)28)23-5-7-29-8-6-23/h1-4,9-11H,5-8,12-13H2. The number of amides is 1. The van der Waals surface area contributed by atoms with Gasteiger partial charge in [-0.25, -0.2) is 0 Å². The molecule has 0 saturated carbocycles. The van der Waals surface area contributed by atoms with Crippen LogP contribution in [-0.2, 0) is 16.1 Å². The van der Waals surface area contributed by atoms with Gasteiger partial charge in [-0.1, -0.05) is 36.1 Å². The van der Waals surface area contributed by atoms with E-state index in [0.29, 0.717) is 64.8 Å². The summed E-state index contributed by atoms with van der Waals surface area (Å²) in [5, 5.41) is 11.7. The molecule has 33 heavy (non-hydrogen) atoms. The Kier molecular flexibility index (Phi) is 5.92. The molecule has 2 aromatic carbocycles. The van der Waals surface area contributed by atoms with E-state index in [9.17, 15) is 14.9 Å². The van der Waals surface area contributed by atoms with E-state index < -0.39 is 4.92 Å². The van der Waals surface area contributed by atoms with E-state index in [1.165, 1.54) is 22.7 Å². The smallest absolute Gasteiger partial charge is 0.293 e. The lowest BCUT2D eigenvalue weighted by molar-refractivity contribution is -0.384. The van der Waals surface area contributed by atoms with Crippen molar-refractivity contribution in [3.05, 3.63) is 62.5 Å². The minimum absolute atomic E-state index is 0.00138. The van der Waals surface area contributed by atoms with Gasteiger partial charge in [0.15, 0.2) is 11.5 Å². The monoisotopic (exact) mass is 485 g/mol. The number of thioether (sulfide) groups is 1. The predicted molar refractivity (Wildman–Crippen MR) is 127 cm³/mol. The van der Waals surface area contributed by atoms with Crippen LogP contribution in [0.3, 0.4) is 0 Å². The molecule has 0 aliphatic carbocycles. The molecule has 0 radical (unpaired) electrons. The molecule has 1 amide bonds. The van der Waals surface area contributed by atoms with E-state index in [1.807, 2.05) is 17.0 Å². The van der Waals surface area contributed by atoms with E-state index >= 15 is 0 Å². The topological polar surface area (TPSA) is 94.4 Å². The van der Waals surface area contributed by atoms with Crippen LogP contribution < -0.4 is 14.4 Å². The molecule has 0 N–H and O–H groups in total. The second-order valence-electron chi connectivity index (χ2n) is 7.56. The van der Waals surface area contributed by atoms with Crippen molar-refractivity contribution in [3.8, 4) is 11.5 Å². The summed E-state index contributed by atoms with van der Waals surface area (Å²) in [5.74, 6) is 1.08. The van der Waals surface area contributed by atoms with Crippen LogP contribution in [0.5, 0.6) is 11.5 Å². The van der Waals surface area contributed by atoms with Gasteiger partial charge in [0.2, 0.25) is 6.79 Å². The third-order valence-corrected chi connectivity index (χ3v) is 6.87. The molecule has 9 nitrogen and oxygen atoms in total. The number of benzene rings is 2. The van der Waals surface area contributed by atoms with Gasteiger partial charge in [-0.3, -0.25) is 19.8 Å². The van der Waals surface area contributed by atoms with Crippen LogP contribution in [0.4, 0.5) is 11.4 Å². The van der Waals surface area contributed by atoms with E-state index in [0.717, 1.165) is 5.56 Å². The molecule has 3 aliphatic heterocycles. The third kappa shape index (κ3) is 4.39. The molecule has 2 aromatic rings. The average Bonchev–Trinajstić information content (AvgIpc) is 3.39. The third-order valence-electron chi connectivity index (χ3n) is 5.50. The molecule has 0 unspecified atom stereocenters. The number of nitro groups is 1. The molecule has 3 heterocycles. The van der Waals surface area contributed by atoms with Crippen LogP contribution in [-0.4, -0.2) is 53.1 Å². The lowest BCUT2D eigenvalue weighted by Gasteiger charge is -2.28. The Balaban J connectivity index is 1.37. The highest BCUT2D eigenvalue weighted by Gasteiger charge is 2.32. The Morgan fingerprint density at radius 2 is 1.91 bits per heavy atom. The zero-order valence-corrected chi connectivity index (χ0v) is 19.0. The SMILES string of the molecule is O=C1C(=Cc2ccc(N3CCOCC3)c([N+](=O)[O-])c2)SC(=S)N1Cc1ccc2c(c1)OCO2. The quantitative estimate of drug-likeness (QED) is 0.273. The second-order valence-corrected chi connectivity index (χ2v) is 9.24. The van der Waals surface area contributed by atoms with Crippen LogP contribution in [0, 0.1) is 10.1 Å². The maximum absolute atomic E-state index is 13.0. The van der Waals surface area contributed by atoms with Gasteiger partial charge in [-0.15, -0.1) is 0 Å². The van der Waals surface area contributed by atoms with E-state index in [2.05, 4.69) is 0 Å². The number of fused-ring (bicyclic) bond motifs is 1. The summed E-state index contributed by atoms with van der Waals surface area (Å²) in [6, 6.07) is 10.5. The first-order chi connectivity index (χ1) is 16.0. The molecular weight excluding hydrogens is 466 g/mol. The highest BCUT2D eigenvalue weighted by molar-refractivity contribution is 8.26. The van der Waals surface area contributed by atoms with Gasteiger partial charge in [0.25, 0.3) is 11.6 Å². The molecule has 0 aromatic heterocycles. The number of anilines is 1. The number of carbonyl (C=O) groups excluding carboxylic acids is 1. The highest BCUT2D eigenvalue weighted by Crippen LogP contribution is 2.37. The van der Waals surface area contributed by atoms with Crippen molar-refractivity contribution in [2.24, 2.45) is 0 Å². The Bertz CT molecular complexity index is 1180. The van der Waals surface area contributed by atoms with Crippen LogP contribution >= 0.6 is 24.0 Å². The van der Waals surface area contributed by atoms with Crippen LogP contribution in [0.1, 0.15) is 11.1 Å². The first-order valence-electron chi connectivity index (χ1n) is 10.2. The minimum Gasteiger partial charge on any atom is -0.454 e. The summed E-state index contributed by atoms with van der Waals surface area (Å²) >= 11 is 6.61. The van der Waals surface area contributed by atoms with Gasteiger partial charge < -0.3 is 19.1 Å². The predicted octanol–water partition coefficient (Wildman–Crippen LogP) is 3.56. The summed E-state index contributed by atoms with van der Waals surface area (Å²) < 4.78 is 16.5. The Hall–Kier alpha value is -3.15. The maximum atomic E-state index is 13.0. The van der Waals surface area contributed by atoms with E-state index in [-0.39, 0.29) is 18.4 Å². The number of thiocarbonyl (C=S) groups is 1. The van der Waals surface area contributed by atoms with Crippen molar-refractivity contribution >= 4 is 51.7 Å². The summed E-state index contributed by atoms with van der Waals surface area (Å²) in [7, 11) is 0. The van der Waals surface area contributed by atoms with Crippen molar-refractivity contribution in [2.45, 2.75) is 6.54 Å². The Morgan fingerprint density at radius 1 is 1.12 bits per heavy atom. The van der Waals surface area contributed by atoms with Crippen molar-refractivity contribution in [2.75, 3.05) is 38.0 Å². The van der Waals surface area contributed by atoms with E-state index in [4.69, 9.17) is 26.4 Å². The lowest BCUT2D eigenvalue weighted by Crippen LogP contribution is -2.36. The van der Waals surface area contributed by atoms with Gasteiger partial charge in [-0.2, -0.15) is 0 Å². The van der Waals surface area contributed by atoms with Gasteiger partial charge in [-0.05, 0) is 35.4 Å². The number of rotatable bonds is 5. The molecule has 5 rings (SSSR count). The van der Waals surface area contributed by atoms with Crippen LogP contribution in [0.25, 0.3) is 6.08 Å². The number of nitro benzene ring substituents is 1. The Morgan fingerprint density at radius 3 is 2.70 bits per heavy atom. The fraction of sp³-hybridized carbons (Fsp3) is 0.273. The molecule has 11 heteroatoms. The number of ether oxygens (including phenoxy) is 3. The summed E-state index contributed by atoms with van der Waals surface area (Å²) in [5.41, 5.74) is 1.99. The van der Waals surface area contributed by atoms with Crippen LogP contribution in [0.2, 0.25) is 0 Å². The molecule has 2 fully saturated rings. The Labute approximate surface area is 199 Å². The zero-order valence-electron chi connectivity index (χ0n) is 17.4. The molecule has 170 valence electrons. The fourth-order valence-electron chi connectivity index (χ4n) is 3.86. The number of hydrogen-bond donors (Lipinski definition) is 0. The fourth-order valence-corrected chi connectivity index (χ4v) is 5.11. The summed E-state index contributed by atoms with van der Waals surface area (Å²) in [6.45, 7) is 2.74. The van der Waals surface area contributed by atoms with Gasteiger partial charge in [0.1, 0.15) is 10.0 Å². The first-order valence-corrected chi connectivity index (χ1v) is 11.5. The molecule has 0 bridgehead atoms. The lowest BCUT2D eigenvalue weighted by atomic mass is 10.1. The zero-order chi connectivity index (χ0) is 22.9. The largest absolute Gasteiger partial charge is 0.454 e. The van der Waals surface area contributed by atoms with Gasteiger partial charge in [0.05, 0.1) is 29.6 Å². The van der Waals surface area contributed by atoms with Crippen molar-refractivity contribution in [1.82, 2.24) is 4.90 Å². The molecular formula is C22H19N3O6S2. The van der Waals surface area contributed by atoms with Crippen molar-refractivity contribution < 1.29 is 23.9 Å². The number of hydrogen-bond acceptors (Lipinski definition) is 9. The van der Waals surface area contributed by atoms with Gasteiger partial charge in [0, 0.05) is 19.2 Å². The summed E-state index contributed by atoms with van der Waals surface area (Å²) in [6.07, 6.45) is 1.65. The number of nitrogens with zero attached hydrogens (tertiary/aromatic N) is 3. The molecule has 3 aliphatic rings. The van der Waals surface area contributed by atoms with Crippen molar-refractivity contribution in [3.63, 3.8) is 0 Å². The summed E-state index contributed by atoms with van der Waals surface area (Å²) in [4.78, 5) is 28.2.